The zero-order valence-electron chi connectivity index (χ0n) is 23.2. The molecule has 0 spiro atoms. The van der Waals surface area contributed by atoms with Crippen molar-refractivity contribution < 1.29 is 19.2 Å². The third-order valence-electron chi connectivity index (χ3n) is 7.12. The van der Waals surface area contributed by atoms with Crippen molar-refractivity contribution in [3.05, 3.63) is 56.7 Å². The minimum absolute atomic E-state index is 0.00940. The van der Waals surface area contributed by atoms with E-state index in [1.807, 2.05) is 37.8 Å². The molecule has 2 N–H and O–H groups in total. The second-order valence-electron chi connectivity index (χ2n) is 11.4. The number of amides is 2. The molecule has 2 aliphatic heterocycles. The number of hydrogen-bond donors (Lipinski definition) is 2. The van der Waals surface area contributed by atoms with Gasteiger partial charge in [-0.05, 0) is 89.4 Å². The minimum Gasteiger partial charge on any atom is -0.444 e. The highest BCUT2D eigenvalue weighted by Crippen LogP contribution is 2.30. The number of halogens is 1. The van der Waals surface area contributed by atoms with Crippen LogP contribution in [0.5, 0.6) is 0 Å². The first-order valence-corrected chi connectivity index (χ1v) is 14.4. The summed E-state index contributed by atoms with van der Waals surface area (Å²) in [5.74, 6) is 0.667. The zero-order valence-corrected chi connectivity index (χ0v) is 24.8. The Bertz CT molecular complexity index is 1220. The topological polar surface area (TPSA) is 130 Å². The van der Waals surface area contributed by atoms with Gasteiger partial charge in [-0.3, -0.25) is 25.1 Å². The number of carbonyl (C=O) groups excluding carboxylic acids is 2. The van der Waals surface area contributed by atoms with Gasteiger partial charge in [-0.2, -0.15) is 0 Å². The normalized spacial score (nSPS) is 17.4. The van der Waals surface area contributed by atoms with Gasteiger partial charge in [0.1, 0.15) is 17.1 Å². The number of nitrogens with zero attached hydrogens (tertiary/aromatic N) is 4. The lowest BCUT2D eigenvalue weighted by molar-refractivity contribution is -0.384. The first-order chi connectivity index (χ1) is 19.0. The number of ether oxygens (including phenoxy) is 1. The highest BCUT2D eigenvalue weighted by Gasteiger charge is 2.31. The van der Waals surface area contributed by atoms with Crippen LogP contribution in [0, 0.1) is 16.0 Å². The Morgan fingerprint density at radius 2 is 1.80 bits per heavy atom. The summed E-state index contributed by atoms with van der Waals surface area (Å²) in [5.41, 5.74) is 1.00. The lowest BCUT2D eigenvalue weighted by atomic mass is 9.93. The van der Waals surface area contributed by atoms with Gasteiger partial charge in [0.25, 0.3) is 5.69 Å². The fourth-order valence-corrected chi connectivity index (χ4v) is 5.49. The Morgan fingerprint density at radius 1 is 1.10 bits per heavy atom. The lowest BCUT2D eigenvalue weighted by Crippen LogP contribution is -2.47. The predicted octanol–water partition coefficient (Wildman–Crippen LogP) is 5.41. The molecule has 0 saturated carbocycles. The van der Waals surface area contributed by atoms with Gasteiger partial charge in [-0.15, -0.1) is 0 Å². The Balaban J connectivity index is 1.22. The van der Waals surface area contributed by atoms with Gasteiger partial charge in [-0.1, -0.05) is 15.9 Å². The number of benzene rings is 1. The highest BCUT2D eigenvalue weighted by atomic mass is 79.9. The lowest BCUT2D eigenvalue weighted by Gasteiger charge is -2.37. The van der Waals surface area contributed by atoms with Gasteiger partial charge < -0.3 is 15.0 Å². The Kier molecular flexibility index (Phi) is 9.62. The van der Waals surface area contributed by atoms with E-state index in [1.165, 1.54) is 6.07 Å². The number of aromatic nitrogens is 1. The van der Waals surface area contributed by atoms with Crippen molar-refractivity contribution in [2.75, 3.05) is 36.8 Å². The molecule has 2 aliphatic rings. The average molecular weight is 618 g/mol. The number of pyridine rings is 1. The van der Waals surface area contributed by atoms with Crippen molar-refractivity contribution in [2.45, 2.75) is 64.6 Å². The molecule has 2 aromatic rings. The standard InChI is InChI=1S/C28H37BrN6O5/c1-28(2,3)40-27(37)32-25-16-19(6-11-30-25)18-33-12-7-20(8-13-33)26(36)34-14-9-22(10-15-34)31-23-5-4-21(29)17-24(23)35(38)39/h4-6,11,16-17,20,22,31H,7-10,12-15,18H2,1-3H3,(H,30,32,37). The Labute approximate surface area is 242 Å². The maximum atomic E-state index is 13.2. The van der Waals surface area contributed by atoms with E-state index >= 15 is 0 Å². The summed E-state index contributed by atoms with van der Waals surface area (Å²) >= 11 is 3.29. The summed E-state index contributed by atoms with van der Waals surface area (Å²) < 4.78 is 5.96. The van der Waals surface area contributed by atoms with Gasteiger partial charge in [-0.25, -0.2) is 9.78 Å². The molecule has 1 aromatic carbocycles. The van der Waals surface area contributed by atoms with E-state index in [-0.39, 0.29) is 28.5 Å². The van der Waals surface area contributed by atoms with Gasteiger partial charge in [0, 0.05) is 48.3 Å². The first-order valence-electron chi connectivity index (χ1n) is 13.6. The van der Waals surface area contributed by atoms with Crippen molar-refractivity contribution in [3.8, 4) is 0 Å². The molecule has 0 bridgehead atoms. The number of anilines is 2. The van der Waals surface area contributed by atoms with Crippen molar-refractivity contribution in [2.24, 2.45) is 5.92 Å². The number of carbonyl (C=O) groups is 2. The average Bonchev–Trinajstić information content (AvgIpc) is 2.89. The molecule has 2 fully saturated rings. The SMILES string of the molecule is CC(C)(C)OC(=O)Nc1cc(CN2CCC(C(=O)N3CCC(Nc4ccc(Br)cc4[N+](=O)[O-])CC3)CC2)ccn1. The smallest absolute Gasteiger partial charge is 0.413 e. The molecule has 0 radical (unpaired) electrons. The molecule has 2 saturated heterocycles. The molecule has 1 aromatic heterocycles. The molecule has 3 heterocycles. The van der Waals surface area contributed by atoms with E-state index in [1.54, 1.807) is 18.3 Å². The van der Waals surface area contributed by atoms with E-state index in [9.17, 15) is 19.7 Å². The Hall–Kier alpha value is -3.25. The van der Waals surface area contributed by atoms with E-state index in [2.05, 4.69) is 36.4 Å². The molecule has 11 nitrogen and oxygen atoms in total. The third-order valence-corrected chi connectivity index (χ3v) is 7.61. The maximum Gasteiger partial charge on any atom is 0.413 e. The van der Waals surface area contributed by atoms with Crippen molar-refractivity contribution in [1.29, 1.82) is 0 Å². The van der Waals surface area contributed by atoms with Crippen LogP contribution in [0.3, 0.4) is 0 Å². The number of nitro groups is 1. The zero-order chi connectivity index (χ0) is 28.9. The second kappa shape index (κ2) is 12.9. The van der Waals surface area contributed by atoms with Gasteiger partial charge in [0.2, 0.25) is 5.91 Å². The van der Waals surface area contributed by atoms with Crippen molar-refractivity contribution >= 4 is 45.1 Å². The molecule has 0 aliphatic carbocycles. The fraction of sp³-hybridized carbons (Fsp3) is 0.536. The van der Waals surface area contributed by atoms with E-state index in [0.717, 1.165) is 44.3 Å². The molecule has 216 valence electrons. The van der Waals surface area contributed by atoms with E-state index in [4.69, 9.17) is 4.74 Å². The van der Waals surface area contributed by atoms with Crippen LogP contribution in [-0.2, 0) is 16.1 Å². The summed E-state index contributed by atoms with van der Waals surface area (Å²) in [6, 6.07) is 8.87. The molecule has 0 unspecified atom stereocenters. The van der Waals surface area contributed by atoms with Crippen LogP contribution in [-0.4, -0.2) is 69.5 Å². The number of rotatable bonds is 7. The summed E-state index contributed by atoms with van der Waals surface area (Å²) in [7, 11) is 0. The minimum atomic E-state index is -0.584. The maximum absolute atomic E-state index is 13.2. The number of likely N-dealkylation sites (tertiary alicyclic amines) is 2. The van der Waals surface area contributed by atoms with Crippen LogP contribution in [0.2, 0.25) is 0 Å². The first kappa shape index (κ1) is 29.7. The van der Waals surface area contributed by atoms with Crippen molar-refractivity contribution in [3.63, 3.8) is 0 Å². The molecule has 4 rings (SSSR count). The summed E-state index contributed by atoms with van der Waals surface area (Å²) in [6.07, 6.45) is 4.24. The predicted molar refractivity (Wildman–Crippen MR) is 156 cm³/mol. The van der Waals surface area contributed by atoms with Crippen LogP contribution in [0.25, 0.3) is 0 Å². The van der Waals surface area contributed by atoms with Crippen LogP contribution in [0.1, 0.15) is 52.0 Å². The number of piperidine rings is 2. The van der Waals surface area contributed by atoms with Gasteiger partial charge in [0.15, 0.2) is 0 Å². The third kappa shape index (κ3) is 8.37. The molecular weight excluding hydrogens is 580 g/mol. The monoisotopic (exact) mass is 616 g/mol. The Morgan fingerprint density at radius 3 is 2.45 bits per heavy atom. The second-order valence-corrected chi connectivity index (χ2v) is 12.3. The number of nitro benzene ring substituents is 1. The summed E-state index contributed by atoms with van der Waals surface area (Å²) in [6.45, 7) is 9.07. The molecule has 0 atom stereocenters. The van der Waals surface area contributed by atoms with Crippen LogP contribution >= 0.6 is 15.9 Å². The molecular formula is C28H37BrN6O5. The fourth-order valence-electron chi connectivity index (χ4n) is 5.15. The molecule has 40 heavy (non-hydrogen) atoms. The van der Waals surface area contributed by atoms with Crippen molar-refractivity contribution in [1.82, 2.24) is 14.8 Å². The van der Waals surface area contributed by atoms with Crippen LogP contribution in [0.4, 0.5) is 22.0 Å². The van der Waals surface area contributed by atoms with E-state index in [0.29, 0.717) is 35.6 Å². The van der Waals surface area contributed by atoms with Crippen LogP contribution < -0.4 is 10.6 Å². The number of hydrogen-bond acceptors (Lipinski definition) is 8. The highest BCUT2D eigenvalue weighted by molar-refractivity contribution is 9.10. The summed E-state index contributed by atoms with van der Waals surface area (Å²) in [5, 5.41) is 17.4. The van der Waals surface area contributed by atoms with Gasteiger partial charge in [0.05, 0.1) is 4.92 Å². The van der Waals surface area contributed by atoms with E-state index < -0.39 is 11.7 Å². The molecule has 12 heteroatoms. The van der Waals surface area contributed by atoms with Crippen LogP contribution in [0.15, 0.2) is 41.0 Å². The quantitative estimate of drug-likeness (QED) is 0.312. The van der Waals surface area contributed by atoms with Gasteiger partial charge >= 0.3 is 6.09 Å². The number of nitrogens with one attached hydrogen (secondary N) is 2. The molecule has 2 amide bonds. The largest absolute Gasteiger partial charge is 0.444 e. The summed E-state index contributed by atoms with van der Waals surface area (Å²) in [4.78, 5) is 44.8.